The van der Waals surface area contributed by atoms with Gasteiger partial charge in [0.15, 0.2) is 0 Å². The highest BCUT2D eigenvalue weighted by molar-refractivity contribution is 7.26. The highest BCUT2D eigenvalue weighted by atomic mass is 32.1. The predicted octanol–water partition coefficient (Wildman–Crippen LogP) is 8.75. The molecule has 3 heterocycles. The van der Waals surface area contributed by atoms with E-state index in [1.165, 1.54) is 61.4 Å². The Kier molecular flexibility index (Phi) is 6.76. The summed E-state index contributed by atoms with van der Waals surface area (Å²) in [7, 11) is 0. The normalized spacial score (nSPS) is 11.6. The van der Waals surface area contributed by atoms with E-state index in [0.29, 0.717) is 0 Å². The highest BCUT2D eigenvalue weighted by Crippen LogP contribution is 2.43. The van der Waals surface area contributed by atoms with Gasteiger partial charge in [0.1, 0.15) is 0 Å². The monoisotopic (exact) mass is 402 g/mol. The number of unbranched alkanes of at least 4 members (excludes halogenated alkanes) is 1. The molecular formula is C23H30S3. The zero-order chi connectivity index (χ0) is 18.7. The van der Waals surface area contributed by atoms with Crippen LogP contribution in [0.2, 0.25) is 0 Å². The lowest BCUT2D eigenvalue weighted by Crippen LogP contribution is -1.91. The SMILES string of the molecule is CCCCc1cc(C)sc1-c1ccc(-c2sc(C)cc2CCC(C)C)s1. The molecule has 140 valence electrons. The number of hydrogen-bond acceptors (Lipinski definition) is 3. The van der Waals surface area contributed by atoms with E-state index >= 15 is 0 Å². The summed E-state index contributed by atoms with van der Waals surface area (Å²) in [6, 6.07) is 9.51. The highest BCUT2D eigenvalue weighted by Gasteiger charge is 2.15. The average molecular weight is 403 g/mol. The van der Waals surface area contributed by atoms with Crippen LogP contribution >= 0.6 is 34.0 Å². The minimum atomic E-state index is 0.761. The van der Waals surface area contributed by atoms with Gasteiger partial charge in [-0.05, 0) is 80.8 Å². The molecule has 0 aromatic carbocycles. The van der Waals surface area contributed by atoms with Crippen LogP contribution in [-0.2, 0) is 12.8 Å². The van der Waals surface area contributed by atoms with Crippen molar-refractivity contribution in [3.63, 3.8) is 0 Å². The van der Waals surface area contributed by atoms with Gasteiger partial charge in [-0.2, -0.15) is 0 Å². The molecule has 0 N–H and O–H groups in total. The van der Waals surface area contributed by atoms with Crippen LogP contribution in [0.5, 0.6) is 0 Å². The van der Waals surface area contributed by atoms with Gasteiger partial charge < -0.3 is 0 Å². The molecule has 0 fully saturated rings. The Labute approximate surface area is 170 Å². The average Bonchev–Trinajstić information content (AvgIpc) is 3.28. The Morgan fingerprint density at radius 2 is 1.35 bits per heavy atom. The maximum Gasteiger partial charge on any atom is 0.0477 e. The van der Waals surface area contributed by atoms with Gasteiger partial charge in [-0.3, -0.25) is 0 Å². The third-order valence-electron chi connectivity index (χ3n) is 4.71. The Morgan fingerprint density at radius 1 is 0.808 bits per heavy atom. The first-order valence-electron chi connectivity index (χ1n) is 9.77. The maximum absolute atomic E-state index is 2.41. The predicted molar refractivity (Wildman–Crippen MR) is 122 cm³/mol. The first-order valence-corrected chi connectivity index (χ1v) is 12.2. The lowest BCUT2D eigenvalue weighted by Gasteiger charge is -2.05. The van der Waals surface area contributed by atoms with Crippen molar-refractivity contribution < 1.29 is 0 Å². The molecule has 0 aliphatic carbocycles. The molecule has 0 saturated heterocycles. The fraction of sp³-hybridized carbons (Fsp3) is 0.478. The molecule has 0 saturated carbocycles. The fourth-order valence-electron chi connectivity index (χ4n) is 3.32. The molecule has 3 aromatic heterocycles. The van der Waals surface area contributed by atoms with Gasteiger partial charge in [-0.25, -0.2) is 0 Å². The van der Waals surface area contributed by atoms with Crippen molar-refractivity contribution in [3.05, 3.63) is 45.1 Å². The van der Waals surface area contributed by atoms with Crippen molar-refractivity contribution in [1.82, 2.24) is 0 Å². The molecule has 0 atom stereocenters. The summed E-state index contributed by atoms with van der Waals surface area (Å²) in [6.07, 6.45) is 6.22. The van der Waals surface area contributed by atoms with Crippen molar-refractivity contribution in [3.8, 4) is 19.5 Å². The van der Waals surface area contributed by atoms with E-state index in [0.717, 1.165) is 5.92 Å². The Balaban J connectivity index is 1.89. The smallest absolute Gasteiger partial charge is 0.0477 e. The van der Waals surface area contributed by atoms with Gasteiger partial charge in [0.25, 0.3) is 0 Å². The number of rotatable bonds is 8. The second kappa shape index (κ2) is 8.86. The molecule has 26 heavy (non-hydrogen) atoms. The van der Waals surface area contributed by atoms with Crippen molar-refractivity contribution in [1.29, 1.82) is 0 Å². The van der Waals surface area contributed by atoms with Gasteiger partial charge in [0.2, 0.25) is 0 Å². The third kappa shape index (κ3) is 4.68. The minimum absolute atomic E-state index is 0.761. The molecule has 0 aliphatic heterocycles. The molecule has 0 amide bonds. The summed E-state index contributed by atoms with van der Waals surface area (Å²) in [5.41, 5.74) is 3.09. The number of aryl methyl sites for hydroxylation is 4. The van der Waals surface area contributed by atoms with Crippen LogP contribution < -0.4 is 0 Å². The first-order chi connectivity index (χ1) is 12.5. The largest absolute Gasteiger partial charge is 0.139 e. The van der Waals surface area contributed by atoms with Gasteiger partial charge in [-0.1, -0.05) is 27.2 Å². The molecule has 0 nitrogen and oxygen atoms in total. The van der Waals surface area contributed by atoms with Crippen LogP contribution in [0.1, 0.15) is 60.9 Å². The van der Waals surface area contributed by atoms with Crippen molar-refractivity contribution in [2.24, 2.45) is 5.92 Å². The summed E-state index contributed by atoms with van der Waals surface area (Å²) >= 11 is 5.91. The van der Waals surface area contributed by atoms with Crippen molar-refractivity contribution >= 4 is 34.0 Å². The fourth-order valence-corrected chi connectivity index (χ4v) is 6.74. The van der Waals surface area contributed by atoms with Gasteiger partial charge in [0.05, 0.1) is 0 Å². The number of hydrogen-bond donors (Lipinski definition) is 0. The van der Waals surface area contributed by atoms with Crippen LogP contribution in [0, 0.1) is 19.8 Å². The maximum atomic E-state index is 2.41. The van der Waals surface area contributed by atoms with Crippen molar-refractivity contribution in [2.45, 2.75) is 66.7 Å². The third-order valence-corrected chi connectivity index (χ3v) is 8.34. The summed E-state index contributed by atoms with van der Waals surface area (Å²) in [6.45, 7) is 11.4. The van der Waals surface area contributed by atoms with Crippen LogP contribution in [0.25, 0.3) is 19.5 Å². The molecule has 0 aliphatic rings. The van der Waals surface area contributed by atoms with E-state index in [-0.39, 0.29) is 0 Å². The molecule has 0 spiro atoms. The lowest BCUT2D eigenvalue weighted by atomic mass is 10.0. The van der Waals surface area contributed by atoms with Gasteiger partial charge >= 0.3 is 0 Å². The quantitative estimate of drug-likeness (QED) is 0.353. The zero-order valence-corrected chi connectivity index (χ0v) is 19.1. The summed E-state index contributed by atoms with van der Waals surface area (Å²) in [4.78, 5) is 8.77. The second-order valence-corrected chi connectivity index (χ2v) is 11.2. The molecule has 3 aromatic rings. The summed E-state index contributed by atoms with van der Waals surface area (Å²) in [5, 5.41) is 0. The van der Waals surface area contributed by atoms with E-state index in [1.54, 1.807) is 11.1 Å². The van der Waals surface area contributed by atoms with Crippen molar-refractivity contribution in [2.75, 3.05) is 0 Å². The summed E-state index contributed by atoms with van der Waals surface area (Å²) < 4.78 is 0. The van der Waals surface area contributed by atoms with E-state index < -0.39 is 0 Å². The van der Waals surface area contributed by atoms with E-state index in [9.17, 15) is 0 Å². The molecule has 0 bridgehead atoms. The lowest BCUT2D eigenvalue weighted by molar-refractivity contribution is 0.587. The Morgan fingerprint density at radius 3 is 1.85 bits per heavy atom. The Bertz CT molecular complexity index is 845. The van der Waals surface area contributed by atoms with E-state index in [4.69, 9.17) is 0 Å². The number of thiophene rings is 3. The molecule has 3 rings (SSSR count). The zero-order valence-electron chi connectivity index (χ0n) is 16.6. The second-order valence-electron chi connectivity index (χ2n) is 7.62. The van der Waals surface area contributed by atoms with E-state index in [2.05, 4.69) is 58.9 Å². The van der Waals surface area contributed by atoms with Gasteiger partial charge in [0, 0.05) is 29.3 Å². The molecule has 0 unspecified atom stereocenters. The molecular weight excluding hydrogens is 372 g/mol. The van der Waals surface area contributed by atoms with Crippen LogP contribution in [-0.4, -0.2) is 0 Å². The Hall–Kier alpha value is -0.900. The standard InChI is InChI=1S/C23H30S3/c1-6-7-8-18-13-16(4)24-22(18)20-11-12-21(26-20)23-19(10-9-15(2)3)14-17(5)25-23/h11-15H,6-10H2,1-5H3. The van der Waals surface area contributed by atoms with E-state index in [1.807, 2.05) is 34.0 Å². The topological polar surface area (TPSA) is 0 Å². The van der Waals surface area contributed by atoms with Crippen LogP contribution in [0.3, 0.4) is 0 Å². The van der Waals surface area contributed by atoms with Crippen LogP contribution in [0.4, 0.5) is 0 Å². The molecule has 0 radical (unpaired) electrons. The van der Waals surface area contributed by atoms with Gasteiger partial charge in [-0.15, -0.1) is 34.0 Å². The molecule has 3 heteroatoms. The first kappa shape index (κ1) is 19.9. The van der Waals surface area contributed by atoms with Crippen LogP contribution in [0.15, 0.2) is 24.3 Å². The summed E-state index contributed by atoms with van der Waals surface area (Å²) in [5.74, 6) is 0.761. The minimum Gasteiger partial charge on any atom is -0.139 e.